The first-order valence-corrected chi connectivity index (χ1v) is 15.6. The van der Waals surface area contributed by atoms with Gasteiger partial charge in [-0.2, -0.15) is 0 Å². The van der Waals surface area contributed by atoms with Crippen molar-refractivity contribution in [3.63, 3.8) is 0 Å². The molecule has 1 unspecified atom stereocenters. The van der Waals surface area contributed by atoms with Crippen LogP contribution in [0.3, 0.4) is 0 Å². The molecule has 1 atom stereocenters. The van der Waals surface area contributed by atoms with Crippen molar-refractivity contribution < 1.29 is 18.0 Å². The second-order valence-corrected chi connectivity index (χ2v) is 12.9. The van der Waals surface area contributed by atoms with Crippen molar-refractivity contribution in [3.8, 4) is 0 Å². The molecule has 0 saturated heterocycles. The second-order valence-electron chi connectivity index (χ2n) is 9.79. The summed E-state index contributed by atoms with van der Waals surface area (Å²) in [6.07, 6.45) is 1.20. The van der Waals surface area contributed by atoms with E-state index in [9.17, 15) is 18.0 Å². The Bertz CT molecular complexity index is 1450. The molecule has 3 aromatic carbocycles. The fourth-order valence-electron chi connectivity index (χ4n) is 4.23. The molecule has 0 spiro atoms. The maximum Gasteiger partial charge on any atom is 0.244 e. The van der Waals surface area contributed by atoms with E-state index in [0.29, 0.717) is 26.2 Å². The number of halogens is 3. The summed E-state index contributed by atoms with van der Waals surface area (Å²) in [6, 6.07) is 17.8. The molecule has 0 heterocycles. The minimum atomic E-state index is -3.92. The van der Waals surface area contributed by atoms with Crippen LogP contribution in [0.25, 0.3) is 0 Å². The number of rotatable bonds is 11. The number of anilines is 1. The molecule has 0 aromatic heterocycles. The molecular formula is C29H32Cl3N3O4S. The predicted octanol–water partition coefficient (Wildman–Crippen LogP) is 5.89. The zero-order valence-corrected chi connectivity index (χ0v) is 25.8. The number of sulfonamides is 1. The lowest BCUT2D eigenvalue weighted by atomic mass is 10.0. The van der Waals surface area contributed by atoms with Gasteiger partial charge in [-0.3, -0.25) is 13.9 Å². The number of hydrogen-bond donors (Lipinski definition) is 1. The van der Waals surface area contributed by atoms with Crippen molar-refractivity contribution in [1.82, 2.24) is 10.2 Å². The number of nitrogens with one attached hydrogen (secondary N) is 1. The highest BCUT2D eigenvalue weighted by molar-refractivity contribution is 7.92. The molecule has 0 aliphatic heterocycles. The van der Waals surface area contributed by atoms with E-state index < -0.39 is 28.5 Å². The SMILES string of the molecule is Cc1ccc(Cl)cc1N(CC(=O)N(Cc1c(Cl)cccc1Cl)C(Cc1ccccc1)C(=O)NC(C)C)S(C)(=O)=O. The fraction of sp³-hybridized carbons (Fsp3) is 0.310. The van der Waals surface area contributed by atoms with Crippen LogP contribution < -0.4 is 9.62 Å². The third-order valence-corrected chi connectivity index (χ3v) is 8.28. The third kappa shape index (κ3) is 8.36. The Hall–Kier alpha value is -2.78. The Balaban J connectivity index is 2.13. The number of amides is 2. The van der Waals surface area contributed by atoms with Crippen molar-refractivity contribution in [2.75, 3.05) is 17.1 Å². The molecule has 2 amide bonds. The second kappa shape index (κ2) is 13.7. The van der Waals surface area contributed by atoms with Gasteiger partial charge >= 0.3 is 0 Å². The first-order valence-electron chi connectivity index (χ1n) is 12.6. The minimum Gasteiger partial charge on any atom is -0.352 e. The van der Waals surface area contributed by atoms with Gasteiger partial charge in [0.1, 0.15) is 12.6 Å². The lowest BCUT2D eigenvalue weighted by molar-refractivity contribution is -0.140. The molecule has 0 fully saturated rings. The highest BCUT2D eigenvalue weighted by Crippen LogP contribution is 2.29. The number of benzene rings is 3. The van der Waals surface area contributed by atoms with Gasteiger partial charge in [-0.15, -0.1) is 0 Å². The number of carbonyl (C=O) groups is 2. The third-order valence-electron chi connectivity index (χ3n) is 6.21. The molecule has 1 N–H and O–H groups in total. The van der Waals surface area contributed by atoms with Crippen LogP contribution in [0.1, 0.15) is 30.5 Å². The monoisotopic (exact) mass is 623 g/mol. The van der Waals surface area contributed by atoms with E-state index in [1.165, 1.54) is 11.0 Å². The standard InChI is InChI=1S/C29H32Cl3N3O4S/c1-19(2)33-29(37)27(15-21-9-6-5-7-10-21)34(17-23-24(31)11-8-12-25(23)32)28(36)18-35(40(4,38)39)26-16-22(30)14-13-20(26)3/h5-14,16,19,27H,15,17-18H2,1-4H3,(H,33,37). The lowest BCUT2D eigenvalue weighted by Gasteiger charge is -2.34. The minimum absolute atomic E-state index is 0.119. The van der Waals surface area contributed by atoms with Gasteiger partial charge in [-0.25, -0.2) is 8.42 Å². The number of aryl methyl sites for hydroxylation is 1. The van der Waals surface area contributed by atoms with E-state index in [2.05, 4.69) is 5.32 Å². The molecular weight excluding hydrogens is 593 g/mol. The van der Waals surface area contributed by atoms with E-state index >= 15 is 0 Å². The van der Waals surface area contributed by atoms with E-state index in [1.54, 1.807) is 37.3 Å². The molecule has 3 rings (SSSR count). The molecule has 3 aromatic rings. The van der Waals surface area contributed by atoms with Gasteiger partial charge in [0.05, 0.1) is 11.9 Å². The summed E-state index contributed by atoms with van der Waals surface area (Å²) in [5, 5.41) is 3.85. The van der Waals surface area contributed by atoms with Crippen LogP contribution in [0.2, 0.25) is 15.1 Å². The number of hydrogen-bond acceptors (Lipinski definition) is 4. The molecule has 11 heteroatoms. The fourth-order valence-corrected chi connectivity index (χ4v) is 5.82. The van der Waals surface area contributed by atoms with Gasteiger partial charge in [0.25, 0.3) is 0 Å². The Morgan fingerprint density at radius 1 is 0.925 bits per heavy atom. The highest BCUT2D eigenvalue weighted by Gasteiger charge is 2.34. The quantitative estimate of drug-likeness (QED) is 0.289. The summed E-state index contributed by atoms with van der Waals surface area (Å²) >= 11 is 19.1. The Labute approximate surface area is 251 Å². The van der Waals surface area contributed by atoms with E-state index in [1.807, 2.05) is 44.2 Å². The van der Waals surface area contributed by atoms with Gasteiger partial charge in [0, 0.05) is 39.6 Å². The van der Waals surface area contributed by atoms with Crippen molar-refractivity contribution in [3.05, 3.63) is 98.5 Å². The molecule has 40 heavy (non-hydrogen) atoms. The summed E-state index contributed by atoms with van der Waals surface area (Å²) < 4.78 is 26.9. The zero-order valence-electron chi connectivity index (χ0n) is 22.7. The summed E-state index contributed by atoms with van der Waals surface area (Å²) in [5.41, 5.74) is 2.14. The van der Waals surface area contributed by atoms with E-state index in [-0.39, 0.29) is 30.6 Å². The summed E-state index contributed by atoms with van der Waals surface area (Å²) in [5.74, 6) is -0.999. The van der Waals surface area contributed by atoms with Crippen molar-refractivity contribution in [2.45, 2.75) is 45.8 Å². The predicted molar refractivity (Wildman–Crippen MR) is 163 cm³/mol. The van der Waals surface area contributed by atoms with Crippen LogP contribution in [0, 0.1) is 6.92 Å². The van der Waals surface area contributed by atoms with Gasteiger partial charge in [-0.05, 0) is 56.2 Å². The van der Waals surface area contributed by atoms with Crippen LogP contribution in [-0.2, 0) is 32.6 Å². The maximum atomic E-state index is 14.1. The first kappa shape index (κ1) is 31.7. The Morgan fingerprint density at radius 2 is 1.55 bits per heavy atom. The average Bonchev–Trinajstić information content (AvgIpc) is 2.87. The van der Waals surface area contributed by atoms with E-state index in [0.717, 1.165) is 16.1 Å². The van der Waals surface area contributed by atoms with Crippen LogP contribution in [0.15, 0.2) is 66.7 Å². The molecule has 214 valence electrons. The molecule has 0 radical (unpaired) electrons. The normalized spacial score (nSPS) is 12.2. The molecule has 0 aliphatic rings. The smallest absolute Gasteiger partial charge is 0.244 e. The van der Waals surface area contributed by atoms with E-state index in [4.69, 9.17) is 34.8 Å². The van der Waals surface area contributed by atoms with Crippen molar-refractivity contribution in [2.24, 2.45) is 0 Å². The van der Waals surface area contributed by atoms with Crippen molar-refractivity contribution >= 4 is 62.3 Å². The Morgan fingerprint density at radius 3 is 2.12 bits per heavy atom. The molecule has 0 saturated carbocycles. The van der Waals surface area contributed by atoms with Crippen LogP contribution in [-0.4, -0.2) is 50.0 Å². The molecule has 0 bridgehead atoms. The van der Waals surface area contributed by atoms with Crippen molar-refractivity contribution in [1.29, 1.82) is 0 Å². The average molecular weight is 625 g/mol. The number of nitrogens with zero attached hydrogens (tertiary/aromatic N) is 2. The molecule has 0 aliphatic carbocycles. The highest BCUT2D eigenvalue weighted by atomic mass is 35.5. The summed E-state index contributed by atoms with van der Waals surface area (Å²) in [7, 11) is -3.92. The van der Waals surface area contributed by atoms with Gasteiger partial charge < -0.3 is 10.2 Å². The maximum absolute atomic E-state index is 14.1. The lowest BCUT2D eigenvalue weighted by Crippen LogP contribution is -2.54. The topological polar surface area (TPSA) is 86.8 Å². The number of carbonyl (C=O) groups excluding carboxylic acids is 2. The van der Waals surface area contributed by atoms with Gasteiger partial charge in [-0.1, -0.05) is 77.3 Å². The summed E-state index contributed by atoms with van der Waals surface area (Å²) in [6.45, 7) is 4.68. The first-order chi connectivity index (χ1) is 18.8. The van der Waals surface area contributed by atoms with Gasteiger partial charge in [0.2, 0.25) is 21.8 Å². The van der Waals surface area contributed by atoms with Crippen LogP contribution in [0.4, 0.5) is 5.69 Å². The largest absolute Gasteiger partial charge is 0.352 e. The van der Waals surface area contributed by atoms with Gasteiger partial charge in [0.15, 0.2) is 0 Å². The molecule has 7 nitrogen and oxygen atoms in total. The Kier molecular flexibility index (Phi) is 10.9. The zero-order chi connectivity index (χ0) is 29.6. The van der Waals surface area contributed by atoms with Crippen LogP contribution >= 0.6 is 34.8 Å². The summed E-state index contributed by atoms with van der Waals surface area (Å²) in [4.78, 5) is 29.1. The van der Waals surface area contributed by atoms with Crippen LogP contribution in [0.5, 0.6) is 0 Å².